The zero-order chi connectivity index (χ0) is 14.6. The van der Waals surface area contributed by atoms with E-state index in [4.69, 9.17) is 10.5 Å². The maximum atomic E-state index is 6.12. The molecule has 0 saturated heterocycles. The van der Waals surface area contributed by atoms with Gasteiger partial charge in [0, 0.05) is 17.8 Å². The predicted molar refractivity (Wildman–Crippen MR) is 85.2 cm³/mol. The monoisotopic (exact) mass is 276 g/mol. The number of nitrogens with two attached hydrogens (primary N) is 1. The molecule has 3 nitrogen and oxygen atoms in total. The highest BCUT2D eigenvalue weighted by atomic mass is 16.5. The second-order valence-corrected chi connectivity index (χ2v) is 6.44. The molecular weight excluding hydrogens is 248 g/mol. The Bertz CT molecular complexity index is 416. The zero-order valence-corrected chi connectivity index (χ0v) is 13.0. The van der Waals surface area contributed by atoms with Gasteiger partial charge in [-0.05, 0) is 48.9 Å². The Morgan fingerprint density at radius 2 is 2.05 bits per heavy atom. The van der Waals surface area contributed by atoms with Crippen molar-refractivity contribution in [3.8, 4) is 5.75 Å². The molecule has 3 N–H and O–H groups in total. The molecule has 1 fully saturated rings. The van der Waals surface area contributed by atoms with Crippen molar-refractivity contribution in [2.45, 2.75) is 45.1 Å². The molecule has 2 atom stereocenters. The van der Waals surface area contributed by atoms with E-state index < -0.39 is 0 Å². The van der Waals surface area contributed by atoms with Gasteiger partial charge in [-0.2, -0.15) is 0 Å². The highest BCUT2D eigenvalue weighted by Gasteiger charge is 2.36. The van der Waals surface area contributed by atoms with E-state index in [9.17, 15) is 0 Å². The first kappa shape index (κ1) is 15.2. The van der Waals surface area contributed by atoms with Crippen LogP contribution in [0.5, 0.6) is 5.75 Å². The molecule has 0 bridgehead atoms. The molecule has 1 aliphatic rings. The molecule has 0 spiro atoms. The number of nitrogens with one attached hydrogen (secondary N) is 1. The lowest BCUT2D eigenvalue weighted by Crippen LogP contribution is -2.49. The van der Waals surface area contributed by atoms with E-state index in [0.29, 0.717) is 6.54 Å². The third-order valence-corrected chi connectivity index (χ3v) is 4.72. The molecule has 0 aromatic heterocycles. The lowest BCUT2D eigenvalue weighted by molar-refractivity contribution is 0.203. The molecule has 1 aliphatic carbocycles. The molecule has 0 aliphatic heterocycles. The normalized spacial score (nSPS) is 26.6. The molecular formula is C17H28N2O. The highest BCUT2D eigenvalue weighted by Crippen LogP contribution is 2.38. The van der Waals surface area contributed by atoms with E-state index in [2.05, 4.69) is 31.3 Å². The maximum absolute atomic E-state index is 6.12. The molecule has 3 heteroatoms. The van der Waals surface area contributed by atoms with E-state index in [1.165, 1.54) is 25.7 Å². The molecule has 112 valence electrons. The topological polar surface area (TPSA) is 47.3 Å². The van der Waals surface area contributed by atoms with Crippen molar-refractivity contribution >= 4 is 5.69 Å². The second-order valence-electron chi connectivity index (χ2n) is 6.44. The fraction of sp³-hybridized carbons (Fsp3) is 0.647. The van der Waals surface area contributed by atoms with Crippen molar-refractivity contribution in [1.29, 1.82) is 0 Å². The maximum Gasteiger partial charge on any atom is 0.119 e. The number of anilines is 1. The predicted octanol–water partition coefficient (Wildman–Crippen LogP) is 3.65. The van der Waals surface area contributed by atoms with Crippen molar-refractivity contribution in [2.75, 3.05) is 19.0 Å². The average molecular weight is 276 g/mol. The first-order valence-electron chi connectivity index (χ1n) is 7.71. The molecule has 0 amide bonds. The smallest absolute Gasteiger partial charge is 0.119 e. The minimum atomic E-state index is 0.0573. The second kappa shape index (κ2) is 6.49. The van der Waals surface area contributed by atoms with Crippen LogP contribution >= 0.6 is 0 Å². The van der Waals surface area contributed by atoms with Crippen LogP contribution in [0.2, 0.25) is 0 Å². The molecule has 2 unspecified atom stereocenters. The fourth-order valence-electron chi connectivity index (χ4n) is 3.31. The Balaban J connectivity index is 2.09. The minimum absolute atomic E-state index is 0.0573. The summed E-state index contributed by atoms with van der Waals surface area (Å²) < 4.78 is 5.21. The van der Waals surface area contributed by atoms with Gasteiger partial charge in [-0.1, -0.05) is 26.7 Å². The lowest BCUT2D eigenvalue weighted by Gasteiger charge is -2.43. The Kier molecular flexibility index (Phi) is 4.92. The van der Waals surface area contributed by atoms with Crippen LogP contribution in [-0.2, 0) is 0 Å². The summed E-state index contributed by atoms with van der Waals surface area (Å²) in [5, 5.41) is 3.70. The number of methoxy groups -OCH3 is 1. The van der Waals surface area contributed by atoms with Crippen molar-refractivity contribution in [3.63, 3.8) is 0 Å². The molecule has 1 saturated carbocycles. The van der Waals surface area contributed by atoms with E-state index in [1.54, 1.807) is 7.11 Å². The Hall–Kier alpha value is -1.22. The minimum Gasteiger partial charge on any atom is -0.497 e. The zero-order valence-electron chi connectivity index (χ0n) is 13.0. The van der Waals surface area contributed by atoms with Crippen LogP contribution in [0.25, 0.3) is 0 Å². The van der Waals surface area contributed by atoms with E-state index >= 15 is 0 Å². The van der Waals surface area contributed by atoms with E-state index in [1.807, 2.05) is 12.1 Å². The van der Waals surface area contributed by atoms with Crippen LogP contribution in [0.4, 0.5) is 5.69 Å². The van der Waals surface area contributed by atoms with E-state index in [0.717, 1.165) is 23.3 Å². The van der Waals surface area contributed by atoms with Gasteiger partial charge in [-0.3, -0.25) is 0 Å². The number of ether oxygens (including phenoxy) is 1. The van der Waals surface area contributed by atoms with Crippen LogP contribution < -0.4 is 15.8 Å². The summed E-state index contributed by atoms with van der Waals surface area (Å²) in [6, 6.07) is 8.15. The molecule has 1 aromatic carbocycles. The standard InChI is InChI=1S/C17H28N2O/c1-13(2)14-5-4-10-17(11-14,12-18)19-15-6-8-16(20-3)9-7-15/h6-9,13-14,19H,4-5,10-12,18H2,1-3H3. The Morgan fingerprint density at radius 1 is 1.35 bits per heavy atom. The van der Waals surface area contributed by atoms with Gasteiger partial charge in [0.1, 0.15) is 5.75 Å². The number of rotatable bonds is 5. The number of benzene rings is 1. The molecule has 1 aromatic rings. The van der Waals surface area contributed by atoms with Gasteiger partial charge in [0.2, 0.25) is 0 Å². The molecule has 20 heavy (non-hydrogen) atoms. The third kappa shape index (κ3) is 3.45. The van der Waals surface area contributed by atoms with Gasteiger partial charge < -0.3 is 15.8 Å². The first-order chi connectivity index (χ1) is 9.58. The Labute approximate surface area is 122 Å². The summed E-state index contributed by atoms with van der Waals surface area (Å²) in [6.45, 7) is 5.34. The summed E-state index contributed by atoms with van der Waals surface area (Å²) >= 11 is 0. The Morgan fingerprint density at radius 3 is 2.60 bits per heavy atom. The van der Waals surface area contributed by atoms with Gasteiger partial charge >= 0.3 is 0 Å². The number of hydrogen-bond acceptors (Lipinski definition) is 3. The van der Waals surface area contributed by atoms with Gasteiger partial charge in [0.05, 0.1) is 7.11 Å². The molecule has 2 rings (SSSR count). The van der Waals surface area contributed by atoms with Crippen molar-refractivity contribution < 1.29 is 4.74 Å². The van der Waals surface area contributed by atoms with E-state index in [-0.39, 0.29) is 5.54 Å². The summed E-state index contributed by atoms with van der Waals surface area (Å²) in [7, 11) is 1.69. The SMILES string of the molecule is COc1ccc(NC2(CN)CCCC(C(C)C)C2)cc1. The van der Waals surface area contributed by atoms with Crippen molar-refractivity contribution in [2.24, 2.45) is 17.6 Å². The quantitative estimate of drug-likeness (QED) is 0.863. The summed E-state index contributed by atoms with van der Waals surface area (Å²) in [6.07, 6.45) is 4.94. The third-order valence-electron chi connectivity index (χ3n) is 4.72. The van der Waals surface area contributed by atoms with Crippen LogP contribution in [0.3, 0.4) is 0 Å². The van der Waals surface area contributed by atoms with Gasteiger partial charge in [-0.25, -0.2) is 0 Å². The molecule has 0 heterocycles. The first-order valence-corrected chi connectivity index (χ1v) is 7.71. The highest BCUT2D eigenvalue weighted by molar-refractivity contribution is 5.48. The molecule has 0 radical (unpaired) electrons. The summed E-state index contributed by atoms with van der Waals surface area (Å²) in [5.74, 6) is 2.40. The number of hydrogen-bond donors (Lipinski definition) is 2. The van der Waals surface area contributed by atoms with Gasteiger partial charge in [0.15, 0.2) is 0 Å². The van der Waals surface area contributed by atoms with Gasteiger partial charge in [0.25, 0.3) is 0 Å². The van der Waals surface area contributed by atoms with Crippen LogP contribution in [0.1, 0.15) is 39.5 Å². The average Bonchev–Trinajstić information content (AvgIpc) is 2.48. The van der Waals surface area contributed by atoms with Gasteiger partial charge in [-0.15, -0.1) is 0 Å². The lowest BCUT2D eigenvalue weighted by atomic mass is 9.71. The van der Waals surface area contributed by atoms with Crippen LogP contribution in [0.15, 0.2) is 24.3 Å². The van der Waals surface area contributed by atoms with Crippen molar-refractivity contribution in [3.05, 3.63) is 24.3 Å². The van der Waals surface area contributed by atoms with Crippen LogP contribution in [0, 0.1) is 11.8 Å². The van der Waals surface area contributed by atoms with Crippen molar-refractivity contribution in [1.82, 2.24) is 0 Å². The fourth-order valence-corrected chi connectivity index (χ4v) is 3.31. The largest absolute Gasteiger partial charge is 0.497 e. The van der Waals surface area contributed by atoms with Crippen LogP contribution in [-0.4, -0.2) is 19.2 Å². The summed E-state index contributed by atoms with van der Waals surface area (Å²) in [4.78, 5) is 0. The summed E-state index contributed by atoms with van der Waals surface area (Å²) in [5.41, 5.74) is 7.31.